The van der Waals surface area contributed by atoms with Crippen molar-refractivity contribution in [1.82, 2.24) is 0 Å². The second-order valence-corrected chi connectivity index (χ2v) is 3.46. The number of hydrogen-bond donors (Lipinski definition) is 1. The summed E-state index contributed by atoms with van der Waals surface area (Å²) in [5, 5.41) is 11.7. The Morgan fingerprint density at radius 2 is 1.93 bits per heavy atom. The molecule has 1 N–H and O–H groups in total. The minimum Gasteiger partial charge on any atom is -0.507 e. The molecule has 2 nitrogen and oxygen atoms in total. The predicted octanol–water partition coefficient (Wildman–Crippen LogP) is 3.01. The van der Waals surface area contributed by atoms with Crippen molar-refractivity contribution in [2.45, 2.75) is 0 Å². The number of phenolic OH excluding ortho intramolecular Hbond substituents is 1. The van der Waals surface area contributed by atoms with Crippen LogP contribution in [0, 0.1) is 0 Å². The lowest BCUT2D eigenvalue weighted by Gasteiger charge is -2.01. The maximum Gasteiger partial charge on any atom is 0.153 e. The van der Waals surface area contributed by atoms with Gasteiger partial charge in [0, 0.05) is 5.02 Å². The summed E-state index contributed by atoms with van der Waals surface area (Å²) >= 11 is 5.80. The number of fused-ring (bicyclic) bond motifs is 1. The first-order valence-corrected chi connectivity index (χ1v) is 4.46. The number of rotatable bonds is 1. The standard InChI is InChI=1S/C11H7ClO2/c12-10-2-1-7-5-11(14)9(6-13)3-8(7)4-10/h1-6,14H. The van der Waals surface area contributed by atoms with Crippen molar-refractivity contribution < 1.29 is 9.90 Å². The number of carbonyl (C=O) groups excluding carboxylic acids is 1. The molecular weight excluding hydrogens is 200 g/mol. The van der Waals surface area contributed by atoms with Crippen LogP contribution < -0.4 is 0 Å². The molecule has 0 unspecified atom stereocenters. The summed E-state index contributed by atoms with van der Waals surface area (Å²) < 4.78 is 0. The van der Waals surface area contributed by atoms with E-state index in [4.69, 9.17) is 11.6 Å². The molecule has 0 spiro atoms. The van der Waals surface area contributed by atoms with Gasteiger partial charge in [-0.1, -0.05) is 17.7 Å². The monoisotopic (exact) mass is 206 g/mol. The van der Waals surface area contributed by atoms with Gasteiger partial charge in [-0.25, -0.2) is 0 Å². The molecule has 0 aliphatic carbocycles. The Labute approximate surface area is 85.7 Å². The topological polar surface area (TPSA) is 37.3 Å². The summed E-state index contributed by atoms with van der Waals surface area (Å²) in [4.78, 5) is 10.6. The van der Waals surface area contributed by atoms with Crippen LogP contribution in [0.4, 0.5) is 0 Å². The maximum absolute atomic E-state index is 10.6. The van der Waals surface area contributed by atoms with E-state index in [9.17, 15) is 9.90 Å². The molecule has 0 atom stereocenters. The highest BCUT2D eigenvalue weighted by Crippen LogP contribution is 2.25. The fraction of sp³-hybridized carbons (Fsp3) is 0. The van der Waals surface area contributed by atoms with Gasteiger partial charge in [-0.3, -0.25) is 4.79 Å². The summed E-state index contributed by atoms with van der Waals surface area (Å²) in [6.07, 6.45) is 0.621. The van der Waals surface area contributed by atoms with Crippen LogP contribution in [-0.2, 0) is 0 Å². The Kier molecular flexibility index (Phi) is 2.14. The van der Waals surface area contributed by atoms with Crippen LogP contribution >= 0.6 is 11.6 Å². The molecule has 0 saturated heterocycles. The second kappa shape index (κ2) is 3.31. The van der Waals surface area contributed by atoms with Crippen LogP contribution in [0.5, 0.6) is 5.75 Å². The van der Waals surface area contributed by atoms with E-state index in [1.54, 1.807) is 30.3 Å². The Bertz CT molecular complexity index is 506. The van der Waals surface area contributed by atoms with Gasteiger partial charge in [0.25, 0.3) is 0 Å². The van der Waals surface area contributed by atoms with Gasteiger partial charge in [0.15, 0.2) is 6.29 Å². The van der Waals surface area contributed by atoms with Gasteiger partial charge in [0.1, 0.15) is 5.75 Å². The minimum atomic E-state index is -0.00479. The number of phenols is 1. The second-order valence-electron chi connectivity index (χ2n) is 3.02. The van der Waals surface area contributed by atoms with Gasteiger partial charge >= 0.3 is 0 Å². The van der Waals surface area contributed by atoms with Crippen molar-refractivity contribution in [1.29, 1.82) is 0 Å². The van der Waals surface area contributed by atoms with Crippen LogP contribution in [0.15, 0.2) is 30.3 Å². The van der Waals surface area contributed by atoms with E-state index in [0.29, 0.717) is 11.3 Å². The lowest BCUT2D eigenvalue weighted by Crippen LogP contribution is -1.82. The molecule has 0 aliphatic heterocycles. The SMILES string of the molecule is O=Cc1cc2cc(Cl)ccc2cc1O. The van der Waals surface area contributed by atoms with Crippen LogP contribution in [0.2, 0.25) is 5.02 Å². The Morgan fingerprint density at radius 3 is 2.64 bits per heavy atom. The third-order valence-corrected chi connectivity index (χ3v) is 2.31. The first kappa shape index (κ1) is 9.03. The molecule has 2 aromatic carbocycles. The molecular formula is C11H7ClO2. The van der Waals surface area contributed by atoms with Gasteiger partial charge in [-0.2, -0.15) is 0 Å². The largest absolute Gasteiger partial charge is 0.507 e. The molecule has 0 aromatic heterocycles. The number of benzene rings is 2. The predicted molar refractivity (Wildman–Crippen MR) is 56.0 cm³/mol. The Morgan fingerprint density at radius 1 is 1.14 bits per heavy atom. The fourth-order valence-corrected chi connectivity index (χ4v) is 1.55. The van der Waals surface area contributed by atoms with E-state index in [1.807, 2.05) is 0 Å². The Balaban J connectivity index is 2.79. The third-order valence-electron chi connectivity index (χ3n) is 2.07. The van der Waals surface area contributed by atoms with E-state index in [-0.39, 0.29) is 11.3 Å². The molecule has 0 amide bonds. The van der Waals surface area contributed by atoms with Crippen molar-refractivity contribution in [2.75, 3.05) is 0 Å². The first-order valence-electron chi connectivity index (χ1n) is 4.08. The molecule has 0 radical (unpaired) electrons. The number of aldehydes is 1. The smallest absolute Gasteiger partial charge is 0.153 e. The van der Waals surface area contributed by atoms with Crippen molar-refractivity contribution in [3.63, 3.8) is 0 Å². The highest BCUT2D eigenvalue weighted by atomic mass is 35.5. The van der Waals surface area contributed by atoms with Gasteiger partial charge < -0.3 is 5.11 Å². The number of hydrogen-bond acceptors (Lipinski definition) is 2. The van der Waals surface area contributed by atoms with E-state index in [0.717, 1.165) is 10.8 Å². The minimum absolute atomic E-state index is 0.00479. The number of halogens is 1. The molecule has 0 aliphatic rings. The van der Waals surface area contributed by atoms with Crippen LogP contribution in [0.3, 0.4) is 0 Å². The molecule has 0 bridgehead atoms. The normalized spacial score (nSPS) is 10.4. The van der Waals surface area contributed by atoms with E-state index >= 15 is 0 Å². The quantitative estimate of drug-likeness (QED) is 0.729. The molecule has 0 fully saturated rings. The average Bonchev–Trinajstić information content (AvgIpc) is 2.17. The van der Waals surface area contributed by atoms with Gasteiger partial charge in [-0.15, -0.1) is 0 Å². The molecule has 0 heterocycles. The fourth-order valence-electron chi connectivity index (χ4n) is 1.37. The summed E-state index contributed by atoms with van der Waals surface area (Å²) in [7, 11) is 0. The van der Waals surface area contributed by atoms with E-state index in [2.05, 4.69) is 0 Å². The van der Waals surface area contributed by atoms with Crippen LogP contribution in [0.1, 0.15) is 10.4 Å². The maximum atomic E-state index is 10.6. The zero-order chi connectivity index (χ0) is 10.1. The average molecular weight is 207 g/mol. The molecule has 2 rings (SSSR count). The van der Waals surface area contributed by atoms with Gasteiger partial charge in [0.2, 0.25) is 0 Å². The third kappa shape index (κ3) is 1.44. The number of carbonyl (C=O) groups is 1. The lowest BCUT2D eigenvalue weighted by molar-refractivity contribution is 0.112. The molecule has 14 heavy (non-hydrogen) atoms. The zero-order valence-corrected chi connectivity index (χ0v) is 7.95. The highest BCUT2D eigenvalue weighted by molar-refractivity contribution is 6.31. The van der Waals surface area contributed by atoms with Gasteiger partial charge in [0.05, 0.1) is 5.56 Å². The summed E-state index contributed by atoms with van der Waals surface area (Å²) in [5.41, 5.74) is 0.278. The molecule has 2 aromatic rings. The van der Waals surface area contributed by atoms with E-state index in [1.165, 1.54) is 0 Å². The lowest BCUT2D eigenvalue weighted by atomic mass is 10.1. The molecule has 70 valence electrons. The number of aromatic hydroxyl groups is 1. The first-order chi connectivity index (χ1) is 6.70. The molecule has 0 saturated carbocycles. The Hall–Kier alpha value is -1.54. The van der Waals surface area contributed by atoms with E-state index < -0.39 is 0 Å². The van der Waals surface area contributed by atoms with Crippen molar-refractivity contribution in [3.05, 3.63) is 40.9 Å². The summed E-state index contributed by atoms with van der Waals surface area (Å²) in [5.74, 6) is -0.00479. The van der Waals surface area contributed by atoms with Crippen molar-refractivity contribution >= 4 is 28.7 Å². The highest BCUT2D eigenvalue weighted by Gasteiger charge is 2.02. The van der Waals surface area contributed by atoms with Crippen molar-refractivity contribution in [2.24, 2.45) is 0 Å². The molecule has 3 heteroatoms. The van der Waals surface area contributed by atoms with Crippen LogP contribution in [0.25, 0.3) is 10.8 Å². The van der Waals surface area contributed by atoms with Crippen LogP contribution in [-0.4, -0.2) is 11.4 Å². The summed E-state index contributed by atoms with van der Waals surface area (Å²) in [6.45, 7) is 0. The van der Waals surface area contributed by atoms with Gasteiger partial charge in [-0.05, 0) is 35.0 Å². The zero-order valence-electron chi connectivity index (χ0n) is 7.20. The van der Waals surface area contributed by atoms with Crippen molar-refractivity contribution in [3.8, 4) is 5.75 Å². The summed E-state index contributed by atoms with van der Waals surface area (Å²) in [6, 6.07) is 8.46.